The molecule has 1 heterocycles. The smallest absolute Gasteiger partial charge is 0.276 e. The number of amidine groups is 1. The average molecular weight is 253 g/mol. The summed E-state index contributed by atoms with van der Waals surface area (Å²) in [5.74, 6) is 0.308. The quantitative estimate of drug-likeness (QED) is 0.781. The van der Waals surface area contributed by atoms with Gasteiger partial charge in [0.1, 0.15) is 0 Å². The predicted octanol–water partition coefficient (Wildman–Crippen LogP) is 2.31. The van der Waals surface area contributed by atoms with Crippen molar-refractivity contribution in [1.82, 2.24) is 0 Å². The third-order valence-corrected chi connectivity index (χ3v) is 3.17. The number of rotatable bonds is 1. The molecule has 3 nitrogen and oxygen atoms in total. The van der Waals surface area contributed by atoms with E-state index in [0.29, 0.717) is 21.5 Å². The van der Waals surface area contributed by atoms with Crippen LogP contribution in [0.3, 0.4) is 0 Å². The van der Waals surface area contributed by atoms with Gasteiger partial charge in [-0.05, 0) is 23.8 Å². The summed E-state index contributed by atoms with van der Waals surface area (Å²) in [5, 5.41) is 1.01. The number of carbonyl (C=O) groups is 1. The molecule has 1 amide bonds. The van der Waals surface area contributed by atoms with Crippen LogP contribution in [0, 0.1) is 0 Å². The van der Waals surface area contributed by atoms with E-state index in [4.69, 9.17) is 17.3 Å². The lowest BCUT2D eigenvalue weighted by atomic mass is 10.1. The van der Waals surface area contributed by atoms with E-state index in [1.165, 1.54) is 11.8 Å². The molecule has 0 saturated carbocycles. The number of carbonyl (C=O) groups excluding carboxylic acids is 1. The third-order valence-electron chi connectivity index (χ3n) is 2.07. The first-order valence-electron chi connectivity index (χ1n) is 4.62. The maximum atomic E-state index is 11.5. The van der Waals surface area contributed by atoms with Crippen molar-refractivity contribution in [2.24, 2.45) is 10.7 Å². The first kappa shape index (κ1) is 11.2. The molecule has 82 valence electrons. The topological polar surface area (TPSA) is 55.4 Å². The Balaban J connectivity index is 2.25. The van der Waals surface area contributed by atoms with Crippen molar-refractivity contribution in [3.8, 4) is 0 Å². The number of nitrogens with zero attached hydrogens (tertiary/aromatic N) is 1. The maximum absolute atomic E-state index is 11.5. The summed E-state index contributed by atoms with van der Waals surface area (Å²) in [6.45, 7) is 0. The van der Waals surface area contributed by atoms with Gasteiger partial charge in [-0.3, -0.25) is 4.79 Å². The van der Waals surface area contributed by atoms with E-state index < -0.39 is 0 Å². The molecule has 16 heavy (non-hydrogen) atoms. The number of hydrogen-bond donors (Lipinski definition) is 1. The minimum Gasteiger partial charge on any atom is -0.378 e. The number of nitrogens with two attached hydrogens (primary N) is 1. The van der Waals surface area contributed by atoms with Crippen molar-refractivity contribution >= 4 is 40.5 Å². The second-order valence-corrected chi connectivity index (χ2v) is 4.70. The van der Waals surface area contributed by atoms with E-state index >= 15 is 0 Å². The second kappa shape index (κ2) is 4.72. The lowest BCUT2D eigenvalue weighted by Gasteiger charge is -2.09. The normalized spacial score (nSPS) is 18.7. The summed E-state index contributed by atoms with van der Waals surface area (Å²) in [6.07, 6.45) is 1.81. The standard InChI is InChI=1S/C11H9ClN2OS/c12-9-3-1-7(2-4-9)5-8-6-16-11(13)14-10(8)15/h1-5H,6H2,(H2,13,14,15)/b8-5+. The first-order chi connectivity index (χ1) is 7.65. The van der Waals surface area contributed by atoms with Crippen LogP contribution in [0.1, 0.15) is 5.56 Å². The van der Waals surface area contributed by atoms with Crippen LogP contribution in [0.25, 0.3) is 6.08 Å². The molecular weight excluding hydrogens is 244 g/mol. The molecule has 2 N–H and O–H groups in total. The number of amides is 1. The van der Waals surface area contributed by atoms with Crippen LogP contribution >= 0.6 is 23.4 Å². The molecule has 0 aliphatic carbocycles. The summed E-state index contributed by atoms with van der Waals surface area (Å²) in [4.78, 5) is 15.2. The fraction of sp³-hybridized carbons (Fsp3) is 0.0909. The molecule has 0 radical (unpaired) electrons. The van der Waals surface area contributed by atoms with E-state index in [1.807, 2.05) is 18.2 Å². The fourth-order valence-corrected chi connectivity index (χ4v) is 2.06. The Morgan fingerprint density at radius 1 is 1.38 bits per heavy atom. The SMILES string of the molecule is NC1=NC(=O)/C(=C/c2ccc(Cl)cc2)CS1. The minimum atomic E-state index is -0.258. The van der Waals surface area contributed by atoms with Gasteiger partial charge >= 0.3 is 0 Å². The highest BCUT2D eigenvalue weighted by molar-refractivity contribution is 8.14. The van der Waals surface area contributed by atoms with Crippen molar-refractivity contribution in [1.29, 1.82) is 0 Å². The largest absolute Gasteiger partial charge is 0.378 e. The van der Waals surface area contributed by atoms with Crippen LogP contribution in [0.4, 0.5) is 0 Å². The Morgan fingerprint density at radius 2 is 2.06 bits per heavy atom. The molecule has 0 saturated heterocycles. The molecule has 0 bridgehead atoms. The monoisotopic (exact) mass is 252 g/mol. The highest BCUT2D eigenvalue weighted by Crippen LogP contribution is 2.19. The molecule has 0 atom stereocenters. The molecular formula is C11H9ClN2OS. The Morgan fingerprint density at radius 3 is 2.69 bits per heavy atom. The number of thioether (sulfide) groups is 1. The van der Waals surface area contributed by atoms with Gasteiger partial charge in [-0.2, -0.15) is 4.99 Å². The Hall–Kier alpha value is -1.26. The van der Waals surface area contributed by atoms with Gasteiger partial charge in [0, 0.05) is 16.3 Å². The number of benzene rings is 1. The minimum absolute atomic E-state index is 0.258. The summed E-state index contributed by atoms with van der Waals surface area (Å²) in [5.41, 5.74) is 7.04. The molecule has 1 aromatic rings. The van der Waals surface area contributed by atoms with Crippen molar-refractivity contribution in [2.75, 3.05) is 5.75 Å². The molecule has 5 heteroatoms. The molecule has 1 aliphatic heterocycles. The van der Waals surface area contributed by atoms with Gasteiger partial charge in [-0.25, -0.2) is 0 Å². The van der Waals surface area contributed by atoms with E-state index in [2.05, 4.69) is 4.99 Å². The Labute approximate surface area is 102 Å². The molecule has 1 aromatic carbocycles. The first-order valence-corrected chi connectivity index (χ1v) is 5.99. The van der Waals surface area contributed by atoms with Gasteiger partial charge in [0.25, 0.3) is 5.91 Å². The van der Waals surface area contributed by atoms with Crippen molar-refractivity contribution in [2.45, 2.75) is 0 Å². The van der Waals surface area contributed by atoms with E-state index in [0.717, 1.165) is 5.56 Å². The van der Waals surface area contributed by atoms with Crippen LogP contribution < -0.4 is 5.73 Å². The third kappa shape index (κ3) is 2.65. The molecule has 0 aromatic heterocycles. The van der Waals surface area contributed by atoms with Gasteiger partial charge < -0.3 is 5.73 Å². The molecule has 0 fully saturated rings. The zero-order valence-electron chi connectivity index (χ0n) is 8.31. The van der Waals surface area contributed by atoms with Gasteiger partial charge in [-0.15, -0.1) is 0 Å². The maximum Gasteiger partial charge on any atom is 0.276 e. The Bertz CT molecular complexity index is 479. The van der Waals surface area contributed by atoms with E-state index in [9.17, 15) is 4.79 Å². The molecule has 0 unspecified atom stereocenters. The summed E-state index contributed by atoms with van der Waals surface area (Å²) in [7, 11) is 0. The van der Waals surface area contributed by atoms with Crippen LogP contribution in [0.15, 0.2) is 34.8 Å². The van der Waals surface area contributed by atoms with Gasteiger partial charge in [-0.1, -0.05) is 35.5 Å². The van der Waals surface area contributed by atoms with Crippen molar-refractivity contribution in [3.05, 3.63) is 40.4 Å². The lowest BCUT2D eigenvalue weighted by Crippen LogP contribution is -2.18. The van der Waals surface area contributed by atoms with Gasteiger partial charge in [0.15, 0.2) is 5.17 Å². The second-order valence-electron chi connectivity index (χ2n) is 3.26. The molecule has 0 spiro atoms. The van der Waals surface area contributed by atoms with Gasteiger partial charge in [0.05, 0.1) is 0 Å². The zero-order valence-corrected chi connectivity index (χ0v) is 9.89. The number of aliphatic imine (C=N–C) groups is 1. The average Bonchev–Trinajstić information content (AvgIpc) is 2.25. The van der Waals surface area contributed by atoms with Crippen molar-refractivity contribution in [3.63, 3.8) is 0 Å². The predicted molar refractivity (Wildman–Crippen MR) is 68.5 cm³/mol. The summed E-state index contributed by atoms with van der Waals surface area (Å²) < 4.78 is 0. The van der Waals surface area contributed by atoms with Crippen LogP contribution in [-0.2, 0) is 4.79 Å². The van der Waals surface area contributed by atoms with Gasteiger partial charge in [0.2, 0.25) is 0 Å². The van der Waals surface area contributed by atoms with Crippen LogP contribution in [0.5, 0.6) is 0 Å². The molecule has 2 rings (SSSR count). The van der Waals surface area contributed by atoms with E-state index in [-0.39, 0.29) is 5.91 Å². The van der Waals surface area contributed by atoms with Crippen LogP contribution in [-0.4, -0.2) is 16.8 Å². The summed E-state index contributed by atoms with van der Waals surface area (Å²) in [6, 6.07) is 7.28. The highest BCUT2D eigenvalue weighted by atomic mass is 35.5. The number of hydrogen-bond acceptors (Lipinski definition) is 3. The Kier molecular flexibility index (Phi) is 3.31. The lowest BCUT2D eigenvalue weighted by molar-refractivity contribution is -0.114. The van der Waals surface area contributed by atoms with Crippen molar-refractivity contribution < 1.29 is 4.79 Å². The molecule has 1 aliphatic rings. The number of halogens is 1. The van der Waals surface area contributed by atoms with Crippen LogP contribution in [0.2, 0.25) is 5.02 Å². The fourth-order valence-electron chi connectivity index (χ4n) is 1.28. The van der Waals surface area contributed by atoms with E-state index in [1.54, 1.807) is 12.1 Å². The zero-order chi connectivity index (χ0) is 11.5. The summed E-state index contributed by atoms with van der Waals surface area (Å²) >= 11 is 7.14. The highest BCUT2D eigenvalue weighted by Gasteiger charge is 2.15.